The van der Waals surface area contributed by atoms with Crippen molar-refractivity contribution < 1.29 is 18.7 Å². The van der Waals surface area contributed by atoms with Crippen LogP contribution in [0.4, 0.5) is 10.1 Å². The molecule has 174 valence electrons. The highest BCUT2D eigenvalue weighted by Gasteiger charge is 2.25. The van der Waals surface area contributed by atoms with Gasteiger partial charge < -0.3 is 15.4 Å². The second-order valence-corrected chi connectivity index (χ2v) is 9.14. The van der Waals surface area contributed by atoms with Gasteiger partial charge in [-0.2, -0.15) is 0 Å². The first-order valence-corrected chi connectivity index (χ1v) is 11.7. The predicted octanol–water partition coefficient (Wildman–Crippen LogP) is 3.07. The average Bonchev–Trinajstić information content (AvgIpc) is 3.24. The molecule has 0 atom stereocenters. The molecule has 0 spiro atoms. The number of halogens is 1. The molecule has 1 aromatic carbocycles. The third-order valence-corrected chi connectivity index (χ3v) is 6.06. The molecule has 2 aromatic rings. The van der Waals surface area contributed by atoms with E-state index in [9.17, 15) is 14.0 Å². The molecule has 10 heteroatoms. The number of ether oxygens (including phenoxy) is 1. The van der Waals surface area contributed by atoms with E-state index in [2.05, 4.69) is 25.7 Å². The first kappa shape index (κ1) is 24.2. The zero-order valence-electron chi connectivity index (χ0n) is 18.5. The number of nitrogens with one attached hydrogen (secondary N) is 2. The van der Waals surface area contributed by atoms with Gasteiger partial charge in [-0.1, -0.05) is 11.3 Å². The Balaban J connectivity index is 1.38. The van der Waals surface area contributed by atoms with Crippen molar-refractivity contribution in [3.8, 4) is 0 Å². The summed E-state index contributed by atoms with van der Waals surface area (Å²) in [5, 5.41) is 14.8. The highest BCUT2D eigenvalue weighted by molar-refractivity contribution is 7.13. The van der Waals surface area contributed by atoms with Crippen molar-refractivity contribution >= 4 is 28.8 Å². The number of amides is 2. The first-order chi connectivity index (χ1) is 15.4. The van der Waals surface area contributed by atoms with Crippen LogP contribution in [0.15, 0.2) is 24.3 Å². The van der Waals surface area contributed by atoms with Gasteiger partial charge in [0, 0.05) is 24.8 Å². The molecule has 0 saturated carbocycles. The topological polar surface area (TPSA) is 96.4 Å². The fraction of sp³-hybridized carbons (Fsp3) is 0.545. The van der Waals surface area contributed by atoms with E-state index < -0.39 is 0 Å². The lowest BCUT2D eigenvalue weighted by Crippen LogP contribution is -2.40. The molecule has 8 nitrogen and oxygen atoms in total. The number of nitrogens with zero attached hydrogens (tertiary/aromatic N) is 3. The summed E-state index contributed by atoms with van der Waals surface area (Å²) in [7, 11) is 0. The number of benzene rings is 1. The van der Waals surface area contributed by atoms with Crippen molar-refractivity contribution in [1.29, 1.82) is 0 Å². The lowest BCUT2D eigenvalue weighted by atomic mass is 9.96. The third-order valence-electron chi connectivity index (χ3n) is 5.15. The van der Waals surface area contributed by atoms with Crippen LogP contribution >= 0.6 is 11.3 Å². The normalized spacial score (nSPS) is 15.1. The molecule has 0 aliphatic carbocycles. The van der Waals surface area contributed by atoms with E-state index in [-0.39, 0.29) is 34.7 Å². The summed E-state index contributed by atoms with van der Waals surface area (Å²) in [6.07, 6.45) is 2.62. The predicted molar refractivity (Wildman–Crippen MR) is 121 cm³/mol. The fourth-order valence-electron chi connectivity index (χ4n) is 3.42. The summed E-state index contributed by atoms with van der Waals surface area (Å²) in [4.78, 5) is 26.9. The van der Waals surface area contributed by atoms with Gasteiger partial charge in [0.25, 0.3) is 5.91 Å². The Morgan fingerprint density at radius 3 is 2.62 bits per heavy atom. The van der Waals surface area contributed by atoms with E-state index in [1.807, 2.05) is 13.8 Å². The summed E-state index contributed by atoms with van der Waals surface area (Å²) in [5.41, 5.74) is 0.501. The van der Waals surface area contributed by atoms with Gasteiger partial charge >= 0.3 is 0 Å². The van der Waals surface area contributed by atoms with Gasteiger partial charge in [0.15, 0.2) is 0 Å². The second-order valence-electron chi connectivity index (χ2n) is 8.08. The molecule has 1 aliphatic rings. The number of hydrogen-bond acceptors (Lipinski definition) is 7. The number of rotatable bonds is 10. The summed E-state index contributed by atoms with van der Waals surface area (Å²) >= 11 is 1.24. The van der Waals surface area contributed by atoms with E-state index in [0.29, 0.717) is 25.4 Å². The minimum atomic E-state index is -0.366. The van der Waals surface area contributed by atoms with Gasteiger partial charge in [0.1, 0.15) is 10.8 Å². The van der Waals surface area contributed by atoms with E-state index in [1.165, 1.54) is 35.6 Å². The fourth-order valence-corrected chi connectivity index (χ4v) is 4.20. The van der Waals surface area contributed by atoms with Crippen LogP contribution in [0.25, 0.3) is 0 Å². The lowest BCUT2D eigenvalue weighted by Gasteiger charge is -2.30. The van der Waals surface area contributed by atoms with Gasteiger partial charge in [-0.05, 0) is 70.5 Å². The summed E-state index contributed by atoms with van der Waals surface area (Å²) in [6, 6.07) is 5.56. The number of carbonyl (C=O) groups is 2. The second kappa shape index (κ2) is 12.0. The smallest absolute Gasteiger partial charge is 0.286 e. The summed E-state index contributed by atoms with van der Waals surface area (Å²) in [6.45, 7) is 7.48. The summed E-state index contributed by atoms with van der Waals surface area (Å²) < 4.78 is 18.5. The first-order valence-electron chi connectivity index (χ1n) is 10.9. The van der Waals surface area contributed by atoms with Gasteiger partial charge in [0.05, 0.1) is 12.6 Å². The zero-order valence-corrected chi connectivity index (χ0v) is 19.3. The standard InChI is InChI=1S/C22H30FN5O3S/c1-15(2)31-13-3-10-24-20(29)16-8-11-28(12-9-16)14-19-26-27-22(32-19)21(30)25-18-6-4-17(23)5-7-18/h4-7,15-16H,3,8-14H2,1-2H3,(H,24,29)(H,25,30). The van der Waals surface area contributed by atoms with Gasteiger partial charge in [-0.15, -0.1) is 10.2 Å². The minimum absolute atomic E-state index is 0.0312. The maximum Gasteiger partial charge on any atom is 0.286 e. The molecule has 0 unspecified atom stereocenters. The van der Waals surface area contributed by atoms with Gasteiger partial charge in [-0.25, -0.2) is 4.39 Å². The molecular formula is C22H30FN5O3S. The number of piperidine rings is 1. The Hall–Kier alpha value is -2.43. The van der Waals surface area contributed by atoms with E-state index >= 15 is 0 Å². The van der Waals surface area contributed by atoms with Crippen molar-refractivity contribution in [1.82, 2.24) is 20.4 Å². The Kier molecular flexibility index (Phi) is 9.07. The molecule has 1 saturated heterocycles. The van der Waals surface area contributed by atoms with Crippen LogP contribution < -0.4 is 10.6 Å². The quantitative estimate of drug-likeness (QED) is 0.526. The third kappa shape index (κ3) is 7.61. The van der Waals surface area contributed by atoms with Gasteiger partial charge in [-0.3, -0.25) is 14.5 Å². The highest BCUT2D eigenvalue weighted by atomic mass is 32.1. The molecule has 32 heavy (non-hydrogen) atoms. The Morgan fingerprint density at radius 1 is 1.22 bits per heavy atom. The average molecular weight is 464 g/mol. The number of anilines is 1. The number of likely N-dealkylation sites (tertiary alicyclic amines) is 1. The maximum atomic E-state index is 13.0. The Labute approximate surface area is 191 Å². The van der Waals surface area contributed by atoms with Crippen LogP contribution in [-0.4, -0.2) is 59.3 Å². The maximum absolute atomic E-state index is 13.0. The molecule has 2 heterocycles. The molecule has 0 bridgehead atoms. The van der Waals surface area contributed by atoms with Crippen LogP contribution in [-0.2, 0) is 16.1 Å². The van der Waals surface area contributed by atoms with E-state index in [0.717, 1.165) is 37.4 Å². The summed E-state index contributed by atoms with van der Waals surface area (Å²) in [5.74, 6) is -0.582. The SMILES string of the molecule is CC(C)OCCCNC(=O)C1CCN(Cc2nnc(C(=O)Nc3ccc(F)cc3)s2)CC1. The van der Waals surface area contributed by atoms with Gasteiger partial charge in [0.2, 0.25) is 10.9 Å². The lowest BCUT2D eigenvalue weighted by molar-refractivity contribution is -0.126. The van der Waals surface area contributed by atoms with E-state index in [1.54, 1.807) is 0 Å². The largest absolute Gasteiger partial charge is 0.379 e. The van der Waals surface area contributed by atoms with Crippen LogP contribution in [0.2, 0.25) is 0 Å². The molecule has 1 aromatic heterocycles. The van der Waals surface area contributed by atoms with Crippen molar-refractivity contribution in [3.05, 3.63) is 40.1 Å². The highest BCUT2D eigenvalue weighted by Crippen LogP contribution is 2.21. The van der Waals surface area contributed by atoms with Crippen molar-refractivity contribution in [2.75, 3.05) is 31.6 Å². The Bertz CT molecular complexity index is 882. The molecule has 1 fully saturated rings. The molecular weight excluding hydrogens is 433 g/mol. The molecule has 1 aliphatic heterocycles. The van der Waals surface area contributed by atoms with Crippen molar-refractivity contribution in [3.63, 3.8) is 0 Å². The van der Waals surface area contributed by atoms with Crippen molar-refractivity contribution in [2.45, 2.75) is 45.8 Å². The number of hydrogen-bond donors (Lipinski definition) is 2. The Morgan fingerprint density at radius 2 is 1.94 bits per heavy atom. The minimum Gasteiger partial charge on any atom is -0.379 e. The molecule has 2 N–H and O–H groups in total. The van der Waals surface area contributed by atoms with Crippen LogP contribution in [0.1, 0.15) is 47.9 Å². The number of aromatic nitrogens is 2. The van der Waals surface area contributed by atoms with Crippen LogP contribution in [0, 0.1) is 11.7 Å². The molecule has 2 amide bonds. The van der Waals surface area contributed by atoms with Crippen molar-refractivity contribution in [2.24, 2.45) is 5.92 Å². The molecule has 0 radical (unpaired) electrons. The monoisotopic (exact) mass is 463 g/mol. The zero-order chi connectivity index (χ0) is 22.9. The van der Waals surface area contributed by atoms with Crippen LogP contribution in [0.5, 0.6) is 0 Å². The van der Waals surface area contributed by atoms with E-state index in [4.69, 9.17) is 4.74 Å². The number of carbonyl (C=O) groups excluding carboxylic acids is 2. The van der Waals surface area contributed by atoms with Crippen LogP contribution in [0.3, 0.4) is 0 Å². The molecule has 3 rings (SSSR count).